The number of carbonyl (C=O) groups is 1. The van der Waals surface area contributed by atoms with Crippen molar-refractivity contribution in [3.05, 3.63) is 22.6 Å². The molecule has 0 bridgehead atoms. The number of hydrogen-bond acceptors (Lipinski definition) is 5. The predicted molar refractivity (Wildman–Crippen MR) is 97.3 cm³/mol. The molecule has 1 amide bonds. The van der Waals surface area contributed by atoms with Crippen LogP contribution in [0, 0.1) is 0 Å². The van der Waals surface area contributed by atoms with Crippen LogP contribution in [0.5, 0.6) is 0 Å². The van der Waals surface area contributed by atoms with Crippen molar-refractivity contribution >= 4 is 33.1 Å². The van der Waals surface area contributed by atoms with E-state index in [1.807, 2.05) is 4.90 Å². The summed E-state index contributed by atoms with van der Waals surface area (Å²) in [7, 11) is 0. The summed E-state index contributed by atoms with van der Waals surface area (Å²) in [5.74, 6) is 0.775. The lowest BCUT2D eigenvalue weighted by molar-refractivity contribution is 0.0712. The van der Waals surface area contributed by atoms with E-state index >= 15 is 0 Å². The zero-order chi connectivity index (χ0) is 17.0. The minimum absolute atomic E-state index is 0.0475. The molecule has 4 heterocycles. The topological polar surface area (TPSA) is 63.4 Å². The maximum absolute atomic E-state index is 12.8. The Kier molecular flexibility index (Phi) is 3.51. The van der Waals surface area contributed by atoms with E-state index in [-0.39, 0.29) is 5.91 Å². The Morgan fingerprint density at radius 2 is 2.08 bits per heavy atom. The number of thiophene rings is 1. The molecule has 0 spiro atoms. The quantitative estimate of drug-likeness (QED) is 0.671. The van der Waals surface area contributed by atoms with Crippen LogP contribution in [0.2, 0.25) is 0 Å². The molecule has 1 unspecified atom stereocenters. The van der Waals surface area contributed by atoms with Crippen LogP contribution in [0.3, 0.4) is 0 Å². The molecule has 2 aliphatic rings. The Labute approximate surface area is 149 Å². The van der Waals surface area contributed by atoms with Crippen LogP contribution in [-0.4, -0.2) is 43.5 Å². The SMILES string of the molecule is CC1CCCc2sc3ncn4nc(C(=O)N5CCCCC5)nc4c3c21. The van der Waals surface area contributed by atoms with Crippen LogP contribution in [0.4, 0.5) is 0 Å². The zero-order valence-corrected chi connectivity index (χ0v) is 15.2. The van der Waals surface area contributed by atoms with E-state index in [0.29, 0.717) is 11.7 Å². The zero-order valence-electron chi connectivity index (χ0n) is 14.4. The first-order chi connectivity index (χ1) is 12.2. The third-order valence-corrected chi connectivity index (χ3v) is 6.68. The van der Waals surface area contributed by atoms with Gasteiger partial charge in [0.05, 0.1) is 5.39 Å². The van der Waals surface area contributed by atoms with E-state index < -0.39 is 0 Å². The summed E-state index contributed by atoms with van der Waals surface area (Å²) in [5.41, 5.74) is 2.17. The van der Waals surface area contributed by atoms with Gasteiger partial charge in [-0.3, -0.25) is 4.79 Å². The third-order valence-electron chi connectivity index (χ3n) is 5.51. The minimum atomic E-state index is -0.0475. The third kappa shape index (κ3) is 2.36. The van der Waals surface area contributed by atoms with Crippen LogP contribution in [0.1, 0.15) is 66.0 Å². The highest BCUT2D eigenvalue weighted by Gasteiger charge is 2.27. The van der Waals surface area contributed by atoms with E-state index in [1.54, 1.807) is 22.2 Å². The van der Waals surface area contributed by atoms with Crippen molar-refractivity contribution in [2.75, 3.05) is 13.1 Å². The van der Waals surface area contributed by atoms with Gasteiger partial charge in [0.15, 0.2) is 5.65 Å². The van der Waals surface area contributed by atoms with Crippen LogP contribution < -0.4 is 0 Å². The van der Waals surface area contributed by atoms with Gasteiger partial charge in [0.2, 0.25) is 5.82 Å². The average Bonchev–Trinajstić information content (AvgIpc) is 3.23. The van der Waals surface area contributed by atoms with E-state index in [4.69, 9.17) is 0 Å². The molecule has 0 radical (unpaired) electrons. The number of amides is 1. The van der Waals surface area contributed by atoms with Crippen LogP contribution >= 0.6 is 11.3 Å². The molecule has 1 aliphatic carbocycles. The standard InChI is InChI=1S/C18H21N5OS/c1-11-6-5-7-12-13(11)14-16-20-15(18(24)22-8-3-2-4-9-22)21-23(16)10-19-17(14)25-12/h10-11H,2-9H2,1H3. The first-order valence-corrected chi connectivity index (χ1v) is 10.00. The maximum atomic E-state index is 12.8. The molecular formula is C18H21N5OS. The van der Waals surface area contributed by atoms with Gasteiger partial charge in [-0.15, -0.1) is 16.4 Å². The molecule has 0 aromatic carbocycles. The molecule has 0 N–H and O–H groups in total. The molecule has 0 saturated carbocycles. The monoisotopic (exact) mass is 355 g/mol. The van der Waals surface area contributed by atoms with Gasteiger partial charge in [0.25, 0.3) is 5.91 Å². The molecule has 1 aliphatic heterocycles. The minimum Gasteiger partial charge on any atom is -0.336 e. The smallest absolute Gasteiger partial charge is 0.293 e. The number of nitrogens with zero attached hydrogens (tertiary/aromatic N) is 5. The molecule has 130 valence electrons. The van der Waals surface area contributed by atoms with Gasteiger partial charge in [-0.05, 0) is 50.0 Å². The molecule has 25 heavy (non-hydrogen) atoms. The van der Waals surface area contributed by atoms with Crippen LogP contribution in [0.15, 0.2) is 6.33 Å². The van der Waals surface area contributed by atoms with Gasteiger partial charge in [0, 0.05) is 18.0 Å². The second-order valence-electron chi connectivity index (χ2n) is 7.21. The Balaban J connectivity index is 1.65. The lowest BCUT2D eigenvalue weighted by atomic mass is 9.87. The maximum Gasteiger partial charge on any atom is 0.293 e. The number of aryl methyl sites for hydroxylation is 1. The van der Waals surface area contributed by atoms with E-state index in [9.17, 15) is 4.79 Å². The molecule has 5 rings (SSSR count). The molecule has 6 nitrogen and oxygen atoms in total. The van der Waals surface area contributed by atoms with Gasteiger partial charge in [-0.1, -0.05) is 6.92 Å². The van der Waals surface area contributed by atoms with Gasteiger partial charge in [0.1, 0.15) is 11.2 Å². The predicted octanol–water partition coefficient (Wildman–Crippen LogP) is 3.40. The van der Waals surface area contributed by atoms with Crippen molar-refractivity contribution in [1.82, 2.24) is 24.5 Å². The number of carbonyl (C=O) groups excluding carboxylic acids is 1. The number of fused-ring (bicyclic) bond motifs is 5. The lowest BCUT2D eigenvalue weighted by Gasteiger charge is -2.25. The summed E-state index contributed by atoms with van der Waals surface area (Å²) < 4.78 is 1.69. The van der Waals surface area contributed by atoms with E-state index in [2.05, 4.69) is 22.0 Å². The Hall–Kier alpha value is -2.02. The molecule has 7 heteroatoms. The number of piperidine rings is 1. The first kappa shape index (κ1) is 15.3. The van der Waals surface area contributed by atoms with Gasteiger partial charge < -0.3 is 4.90 Å². The van der Waals surface area contributed by atoms with Crippen molar-refractivity contribution in [3.8, 4) is 0 Å². The summed E-state index contributed by atoms with van der Waals surface area (Å²) in [6.07, 6.45) is 8.61. The lowest BCUT2D eigenvalue weighted by Crippen LogP contribution is -2.36. The molecule has 1 saturated heterocycles. The number of likely N-dealkylation sites (tertiary alicyclic amines) is 1. The highest BCUT2D eigenvalue weighted by atomic mass is 32.1. The van der Waals surface area contributed by atoms with Crippen molar-refractivity contribution < 1.29 is 4.79 Å². The van der Waals surface area contributed by atoms with E-state index in [0.717, 1.165) is 48.2 Å². The van der Waals surface area contributed by atoms with Crippen molar-refractivity contribution in [1.29, 1.82) is 0 Å². The Bertz CT molecular complexity index is 969. The molecule has 3 aromatic heterocycles. The normalized spacial score (nSPS) is 21.0. The highest BCUT2D eigenvalue weighted by molar-refractivity contribution is 7.19. The number of rotatable bonds is 1. The second kappa shape index (κ2) is 5.76. The van der Waals surface area contributed by atoms with Crippen molar-refractivity contribution in [3.63, 3.8) is 0 Å². The van der Waals surface area contributed by atoms with Gasteiger partial charge in [-0.2, -0.15) is 0 Å². The Morgan fingerprint density at radius 1 is 1.24 bits per heavy atom. The van der Waals surface area contributed by atoms with Gasteiger partial charge >= 0.3 is 0 Å². The fourth-order valence-electron chi connectivity index (χ4n) is 4.21. The van der Waals surface area contributed by atoms with Crippen LogP contribution in [0.25, 0.3) is 15.9 Å². The highest BCUT2D eigenvalue weighted by Crippen LogP contribution is 2.42. The van der Waals surface area contributed by atoms with Crippen LogP contribution in [-0.2, 0) is 6.42 Å². The fraction of sp³-hybridized carbons (Fsp3) is 0.556. The van der Waals surface area contributed by atoms with Crippen molar-refractivity contribution in [2.24, 2.45) is 0 Å². The summed E-state index contributed by atoms with van der Waals surface area (Å²) in [4.78, 5) is 26.4. The van der Waals surface area contributed by atoms with Gasteiger partial charge in [-0.25, -0.2) is 14.5 Å². The summed E-state index contributed by atoms with van der Waals surface area (Å²) >= 11 is 1.78. The number of aromatic nitrogens is 4. The molecule has 1 atom stereocenters. The average molecular weight is 355 g/mol. The molecule has 3 aromatic rings. The molecular weight excluding hydrogens is 334 g/mol. The molecule has 1 fully saturated rings. The number of hydrogen-bond donors (Lipinski definition) is 0. The first-order valence-electron chi connectivity index (χ1n) is 9.18. The Morgan fingerprint density at radius 3 is 2.92 bits per heavy atom. The summed E-state index contributed by atoms with van der Waals surface area (Å²) in [6.45, 7) is 3.91. The second-order valence-corrected chi connectivity index (χ2v) is 8.30. The van der Waals surface area contributed by atoms with Crippen molar-refractivity contribution in [2.45, 2.75) is 51.4 Å². The van der Waals surface area contributed by atoms with E-state index in [1.165, 1.54) is 29.7 Å². The summed E-state index contributed by atoms with van der Waals surface area (Å²) in [6, 6.07) is 0. The summed E-state index contributed by atoms with van der Waals surface area (Å²) in [5, 5.41) is 5.56. The largest absolute Gasteiger partial charge is 0.336 e. The fourth-order valence-corrected chi connectivity index (χ4v) is 5.51.